The number of hydrogen-bond acceptors (Lipinski definition) is 4. The van der Waals surface area contributed by atoms with Crippen LogP contribution in [0.25, 0.3) is 0 Å². The normalized spacial score (nSPS) is 11.9. The molecule has 0 fully saturated rings. The predicted molar refractivity (Wildman–Crippen MR) is 138 cm³/mol. The number of rotatable bonds is 9. The van der Waals surface area contributed by atoms with Gasteiger partial charge in [-0.05, 0) is 72.5 Å². The van der Waals surface area contributed by atoms with Crippen molar-refractivity contribution in [2.24, 2.45) is 11.0 Å². The first-order valence-corrected chi connectivity index (χ1v) is 11.8. The van der Waals surface area contributed by atoms with Crippen molar-refractivity contribution in [3.05, 3.63) is 99.5 Å². The fraction of sp³-hybridized carbons (Fsp3) is 0.222. The van der Waals surface area contributed by atoms with E-state index in [0.29, 0.717) is 12.2 Å². The monoisotopic (exact) mass is 521 g/mol. The van der Waals surface area contributed by atoms with Crippen molar-refractivity contribution in [1.29, 1.82) is 0 Å². The van der Waals surface area contributed by atoms with E-state index in [0.717, 1.165) is 26.9 Å². The zero-order valence-corrected chi connectivity index (χ0v) is 21.0. The zero-order chi connectivity index (χ0) is 24.5. The van der Waals surface area contributed by atoms with Gasteiger partial charge in [-0.25, -0.2) is 5.43 Å². The van der Waals surface area contributed by atoms with Gasteiger partial charge in [-0.15, -0.1) is 0 Å². The molecule has 176 valence electrons. The Kier molecular flexibility index (Phi) is 8.99. The third-order valence-corrected chi connectivity index (χ3v) is 5.67. The largest absolute Gasteiger partial charge is 0.489 e. The second-order valence-electron chi connectivity index (χ2n) is 8.28. The Balaban J connectivity index is 1.52. The number of nitrogens with zero attached hydrogens (tertiary/aromatic N) is 1. The molecular formula is C27H28BrN3O3. The molecule has 1 atom stereocenters. The lowest BCUT2D eigenvalue weighted by Crippen LogP contribution is -2.48. The summed E-state index contributed by atoms with van der Waals surface area (Å²) < 4.78 is 6.83. The van der Waals surface area contributed by atoms with Crippen LogP contribution in [0.15, 0.2) is 82.4 Å². The van der Waals surface area contributed by atoms with Crippen LogP contribution in [-0.4, -0.2) is 24.1 Å². The van der Waals surface area contributed by atoms with Crippen LogP contribution in [0.1, 0.15) is 40.9 Å². The molecule has 0 heterocycles. The lowest BCUT2D eigenvalue weighted by Gasteiger charge is -2.20. The molecule has 0 aliphatic carbocycles. The van der Waals surface area contributed by atoms with Crippen LogP contribution in [0.4, 0.5) is 0 Å². The van der Waals surface area contributed by atoms with Gasteiger partial charge in [-0.2, -0.15) is 5.10 Å². The minimum Gasteiger partial charge on any atom is -0.489 e. The van der Waals surface area contributed by atoms with E-state index >= 15 is 0 Å². The summed E-state index contributed by atoms with van der Waals surface area (Å²) >= 11 is 3.42. The van der Waals surface area contributed by atoms with Crippen molar-refractivity contribution in [2.45, 2.75) is 33.4 Å². The van der Waals surface area contributed by atoms with Crippen molar-refractivity contribution in [1.82, 2.24) is 10.7 Å². The van der Waals surface area contributed by atoms with E-state index in [1.54, 1.807) is 18.3 Å². The van der Waals surface area contributed by atoms with Gasteiger partial charge in [0, 0.05) is 10.0 Å². The number of carbonyl (C=O) groups is 2. The minimum absolute atomic E-state index is 0.105. The van der Waals surface area contributed by atoms with E-state index in [4.69, 9.17) is 4.74 Å². The lowest BCUT2D eigenvalue weighted by molar-refractivity contribution is -0.123. The van der Waals surface area contributed by atoms with Crippen LogP contribution in [0.3, 0.4) is 0 Å². The summed E-state index contributed by atoms with van der Waals surface area (Å²) in [5.41, 5.74) is 5.98. The van der Waals surface area contributed by atoms with E-state index in [9.17, 15) is 9.59 Å². The smallest absolute Gasteiger partial charge is 0.262 e. The first-order chi connectivity index (χ1) is 16.3. The van der Waals surface area contributed by atoms with Gasteiger partial charge in [0.1, 0.15) is 18.4 Å². The summed E-state index contributed by atoms with van der Waals surface area (Å²) in [6.07, 6.45) is 1.55. The van der Waals surface area contributed by atoms with Crippen LogP contribution in [0, 0.1) is 12.8 Å². The molecule has 6 nitrogen and oxygen atoms in total. The Labute approximate surface area is 208 Å². The van der Waals surface area contributed by atoms with Gasteiger partial charge >= 0.3 is 0 Å². The molecular weight excluding hydrogens is 494 g/mol. The molecule has 2 amide bonds. The molecule has 3 aromatic carbocycles. The summed E-state index contributed by atoms with van der Waals surface area (Å²) in [5, 5.41) is 6.84. The Bertz CT molecular complexity index is 1130. The second kappa shape index (κ2) is 12.1. The fourth-order valence-electron chi connectivity index (χ4n) is 3.10. The quantitative estimate of drug-likeness (QED) is 0.298. The molecule has 0 bridgehead atoms. The molecule has 2 N–H and O–H groups in total. The van der Waals surface area contributed by atoms with Gasteiger partial charge in [-0.3, -0.25) is 9.59 Å². The molecule has 0 saturated heterocycles. The average Bonchev–Trinajstić information content (AvgIpc) is 2.83. The number of carbonyl (C=O) groups excluding carboxylic acids is 2. The maximum absolute atomic E-state index is 12.6. The van der Waals surface area contributed by atoms with Crippen molar-refractivity contribution >= 4 is 34.0 Å². The molecule has 34 heavy (non-hydrogen) atoms. The van der Waals surface area contributed by atoms with Gasteiger partial charge in [0.2, 0.25) is 0 Å². The van der Waals surface area contributed by atoms with E-state index in [-0.39, 0.29) is 17.7 Å². The predicted octanol–water partition coefficient (Wildman–Crippen LogP) is 5.24. The molecule has 0 aliphatic heterocycles. The van der Waals surface area contributed by atoms with Gasteiger partial charge in [0.25, 0.3) is 11.8 Å². The van der Waals surface area contributed by atoms with Gasteiger partial charge in [-0.1, -0.05) is 59.6 Å². The molecule has 0 aliphatic rings. The number of benzene rings is 3. The van der Waals surface area contributed by atoms with Crippen LogP contribution in [0.5, 0.6) is 5.75 Å². The SMILES string of the molecule is Cc1ccc(C(=O)NC(C(=O)N/N=C/c2ccc(OCc3ccc(Br)cc3)cc2)C(C)C)cc1. The van der Waals surface area contributed by atoms with Crippen molar-refractivity contribution in [3.8, 4) is 5.75 Å². The Hall–Kier alpha value is -3.45. The van der Waals surface area contributed by atoms with Crippen LogP contribution in [-0.2, 0) is 11.4 Å². The van der Waals surface area contributed by atoms with Gasteiger partial charge in [0.15, 0.2) is 0 Å². The highest BCUT2D eigenvalue weighted by Gasteiger charge is 2.24. The zero-order valence-electron chi connectivity index (χ0n) is 19.4. The van der Waals surface area contributed by atoms with Crippen molar-refractivity contribution in [3.63, 3.8) is 0 Å². The van der Waals surface area contributed by atoms with E-state index < -0.39 is 6.04 Å². The summed E-state index contributed by atoms with van der Waals surface area (Å²) in [6.45, 7) is 6.17. The summed E-state index contributed by atoms with van der Waals surface area (Å²) in [7, 11) is 0. The van der Waals surface area contributed by atoms with Crippen LogP contribution >= 0.6 is 15.9 Å². The molecule has 1 unspecified atom stereocenters. The average molecular weight is 522 g/mol. The number of aryl methyl sites for hydroxylation is 1. The second-order valence-corrected chi connectivity index (χ2v) is 9.20. The van der Waals surface area contributed by atoms with E-state index in [1.165, 1.54) is 0 Å². The van der Waals surface area contributed by atoms with Crippen LogP contribution in [0.2, 0.25) is 0 Å². The first kappa shape index (κ1) is 25.2. The van der Waals surface area contributed by atoms with E-state index in [1.807, 2.05) is 81.4 Å². The van der Waals surface area contributed by atoms with Gasteiger partial charge < -0.3 is 10.1 Å². The summed E-state index contributed by atoms with van der Waals surface area (Å²) in [4.78, 5) is 25.1. The highest BCUT2D eigenvalue weighted by molar-refractivity contribution is 9.10. The molecule has 0 saturated carbocycles. The maximum atomic E-state index is 12.6. The number of nitrogens with one attached hydrogen (secondary N) is 2. The Morgan fingerprint density at radius 2 is 1.62 bits per heavy atom. The topological polar surface area (TPSA) is 79.8 Å². The third kappa shape index (κ3) is 7.56. The number of ether oxygens (including phenoxy) is 1. The Morgan fingerprint density at radius 1 is 0.971 bits per heavy atom. The minimum atomic E-state index is -0.708. The standard InChI is InChI=1S/C27H28BrN3O3/c1-18(2)25(30-26(32)22-10-4-19(3)5-11-22)27(33)31-29-16-20-8-14-24(15-9-20)34-17-21-6-12-23(28)13-7-21/h4-16,18,25H,17H2,1-3H3,(H,30,32)(H,31,33)/b29-16+. The Morgan fingerprint density at radius 3 is 2.24 bits per heavy atom. The number of hydrogen-bond donors (Lipinski definition) is 2. The number of hydrazone groups is 1. The summed E-state index contributed by atoms with van der Waals surface area (Å²) in [5.74, 6) is -0.0349. The van der Waals surface area contributed by atoms with Crippen molar-refractivity contribution in [2.75, 3.05) is 0 Å². The molecule has 0 aromatic heterocycles. The molecule has 0 spiro atoms. The van der Waals surface area contributed by atoms with E-state index in [2.05, 4.69) is 31.8 Å². The first-order valence-electron chi connectivity index (χ1n) is 11.0. The molecule has 3 rings (SSSR count). The van der Waals surface area contributed by atoms with Gasteiger partial charge in [0.05, 0.1) is 6.21 Å². The lowest BCUT2D eigenvalue weighted by atomic mass is 10.0. The highest BCUT2D eigenvalue weighted by Crippen LogP contribution is 2.15. The summed E-state index contributed by atoms with van der Waals surface area (Å²) in [6, 6.07) is 21.9. The molecule has 0 radical (unpaired) electrons. The van der Waals surface area contributed by atoms with Crippen molar-refractivity contribution < 1.29 is 14.3 Å². The number of amides is 2. The molecule has 7 heteroatoms. The van der Waals surface area contributed by atoms with Crippen LogP contribution < -0.4 is 15.5 Å². The fourth-order valence-corrected chi connectivity index (χ4v) is 3.37. The maximum Gasteiger partial charge on any atom is 0.262 e. The highest BCUT2D eigenvalue weighted by atomic mass is 79.9. The number of halogens is 1. The molecule has 3 aromatic rings. The third-order valence-electron chi connectivity index (χ3n) is 5.14.